The maximum atomic E-state index is 11.7. The van der Waals surface area contributed by atoms with Gasteiger partial charge in [0.15, 0.2) is 0 Å². The van der Waals surface area contributed by atoms with E-state index in [0.29, 0.717) is 12.8 Å². The van der Waals surface area contributed by atoms with Crippen LogP contribution >= 0.6 is 0 Å². The van der Waals surface area contributed by atoms with Gasteiger partial charge in [-0.2, -0.15) is 0 Å². The largest absolute Gasteiger partial charge is 0.481 e. The highest BCUT2D eigenvalue weighted by atomic mass is 16.4. The van der Waals surface area contributed by atoms with Crippen LogP contribution in [0, 0.1) is 18.3 Å². The summed E-state index contributed by atoms with van der Waals surface area (Å²) in [6.07, 6.45) is 9.06. The van der Waals surface area contributed by atoms with Gasteiger partial charge in [0, 0.05) is 6.04 Å². The maximum absolute atomic E-state index is 11.7. The van der Waals surface area contributed by atoms with Crippen molar-refractivity contribution in [2.75, 3.05) is 0 Å². The van der Waals surface area contributed by atoms with Crippen LogP contribution in [0.5, 0.6) is 0 Å². The first-order valence-electron chi connectivity index (χ1n) is 6.34. The second-order valence-electron chi connectivity index (χ2n) is 4.61. The fourth-order valence-electron chi connectivity index (χ4n) is 2.28. The van der Waals surface area contributed by atoms with Crippen molar-refractivity contribution in [2.24, 2.45) is 5.92 Å². The van der Waals surface area contributed by atoms with E-state index in [1.165, 1.54) is 0 Å². The van der Waals surface area contributed by atoms with E-state index in [-0.39, 0.29) is 18.1 Å². The summed E-state index contributed by atoms with van der Waals surface area (Å²) in [5, 5.41) is 14.4. The highest BCUT2D eigenvalue weighted by Crippen LogP contribution is 2.25. The third kappa shape index (κ3) is 3.95. The van der Waals surface area contributed by atoms with E-state index in [1.54, 1.807) is 0 Å². The van der Waals surface area contributed by atoms with Crippen LogP contribution in [0.2, 0.25) is 0 Å². The zero-order chi connectivity index (χ0) is 13.5. The Morgan fingerprint density at radius 1 is 1.50 bits per heavy atom. The van der Waals surface area contributed by atoms with Crippen molar-refractivity contribution in [3.63, 3.8) is 0 Å². The zero-order valence-electron chi connectivity index (χ0n) is 10.6. The van der Waals surface area contributed by atoms with Crippen molar-refractivity contribution in [2.45, 2.75) is 51.1 Å². The summed E-state index contributed by atoms with van der Waals surface area (Å²) in [7, 11) is 0. The molecule has 1 fully saturated rings. The van der Waals surface area contributed by atoms with Gasteiger partial charge in [-0.3, -0.25) is 4.79 Å². The number of rotatable bonds is 5. The van der Waals surface area contributed by atoms with E-state index in [9.17, 15) is 9.59 Å². The number of aliphatic carboxylic acids is 1. The molecule has 0 spiro atoms. The van der Waals surface area contributed by atoms with Crippen molar-refractivity contribution in [3.05, 3.63) is 0 Å². The van der Waals surface area contributed by atoms with Crippen molar-refractivity contribution >= 4 is 12.0 Å². The molecule has 1 saturated carbocycles. The summed E-state index contributed by atoms with van der Waals surface area (Å²) in [5.74, 6) is 1.18. The predicted molar refractivity (Wildman–Crippen MR) is 68.0 cm³/mol. The van der Waals surface area contributed by atoms with E-state index in [1.807, 2.05) is 6.92 Å². The highest BCUT2D eigenvalue weighted by Gasteiger charge is 2.33. The van der Waals surface area contributed by atoms with Crippen LogP contribution in [0.25, 0.3) is 0 Å². The minimum absolute atomic E-state index is 0.289. The Bertz CT molecular complexity index is 349. The minimum atomic E-state index is -0.847. The lowest BCUT2D eigenvalue weighted by Gasteiger charge is -2.19. The first-order valence-corrected chi connectivity index (χ1v) is 6.34. The first kappa shape index (κ1) is 14.4. The minimum Gasteiger partial charge on any atom is -0.481 e. The number of urea groups is 1. The number of carboxylic acids is 1. The molecular formula is C13H20N2O3. The summed E-state index contributed by atoms with van der Waals surface area (Å²) in [6.45, 7) is 1.99. The fourth-order valence-corrected chi connectivity index (χ4v) is 2.28. The van der Waals surface area contributed by atoms with Crippen molar-refractivity contribution in [1.82, 2.24) is 10.6 Å². The van der Waals surface area contributed by atoms with Crippen molar-refractivity contribution in [3.8, 4) is 12.3 Å². The predicted octanol–water partition coefficient (Wildman–Crippen LogP) is 1.34. The highest BCUT2D eigenvalue weighted by molar-refractivity contribution is 5.77. The van der Waals surface area contributed by atoms with Gasteiger partial charge >= 0.3 is 12.0 Å². The molecular weight excluding hydrogens is 232 g/mol. The Balaban J connectivity index is 2.44. The summed E-state index contributed by atoms with van der Waals surface area (Å²) in [6, 6.07) is -0.952. The Kier molecular flexibility index (Phi) is 5.50. The Labute approximate surface area is 107 Å². The van der Waals surface area contributed by atoms with Crippen LogP contribution in [0.3, 0.4) is 0 Å². The quantitative estimate of drug-likeness (QED) is 0.646. The van der Waals surface area contributed by atoms with Gasteiger partial charge in [0.2, 0.25) is 0 Å². The Hall–Kier alpha value is -1.70. The molecule has 2 amide bonds. The lowest BCUT2D eigenvalue weighted by Crippen LogP contribution is -2.48. The first-order chi connectivity index (χ1) is 8.58. The van der Waals surface area contributed by atoms with Gasteiger partial charge in [0.1, 0.15) is 0 Å². The molecule has 3 atom stereocenters. The molecule has 5 heteroatoms. The second-order valence-corrected chi connectivity index (χ2v) is 4.61. The van der Waals surface area contributed by atoms with E-state index in [4.69, 9.17) is 11.5 Å². The molecule has 100 valence electrons. The van der Waals surface area contributed by atoms with E-state index in [2.05, 4.69) is 16.6 Å². The molecule has 3 unspecified atom stereocenters. The molecule has 1 rings (SSSR count). The molecule has 1 aliphatic rings. The van der Waals surface area contributed by atoms with Crippen molar-refractivity contribution in [1.29, 1.82) is 0 Å². The average Bonchev–Trinajstić information content (AvgIpc) is 2.76. The zero-order valence-corrected chi connectivity index (χ0v) is 10.6. The van der Waals surface area contributed by atoms with Crippen molar-refractivity contribution < 1.29 is 14.7 Å². The van der Waals surface area contributed by atoms with Gasteiger partial charge in [-0.15, -0.1) is 6.42 Å². The number of carboxylic acid groups (broad SMARTS) is 1. The SMILES string of the molecule is C#CC(CCC)NC(=O)NC1CCCC1C(=O)O. The smallest absolute Gasteiger partial charge is 0.316 e. The molecule has 0 bridgehead atoms. The molecule has 3 N–H and O–H groups in total. The molecule has 0 aliphatic heterocycles. The molecule has 0 aromatic rings. The Morgan fingerprint density at radius 3 is 2.78 bits per heavy atom. The summed E-state index contributed by atoms with van der Waals surface area (Å²) in [5.41, 5.74) is 0. The molecule has 0 saturated heterocycles. The third-order valence-corrected chi connectivity index (χ3v) is 3.23. The molecule has 18 heavy (non-hydrogen) atoms. The normalized spacial score (nSPS) is 24.0. The van der Waals surface area contributed by atoms with Gasteiger partial charge in [0.05, 0.1) is 12.0 Å². The van der Waals surface area contributed by atoms with Crippen LogP contribution in [-0.4, -0.2) is 29.2 Å². The van der Waals surface area contributed by atoms with E-state index in [0.717, 1.165) is 19.3 Å². The van der Waals surface area contributed by atoms with Gasteiger partial charge in [-0.1, -0.05) is 25.7 Å². The number of hydrogen-bond acceptors (Lipinski definition) is 2. The molecule has 0 aromatic carbocycles. The van der Waals surface area contributed by atoms with Crippen LogP contribution in [0.1, 0.15) is 39.0 Å². The number of amides is 2. The maximum Gasteiger partial charge on any atom is 0.316 e. The molecule has 0 heterocycles. The second kappa shape index (κ2) is 6.90. The van der Waals surface area contributed by atoms with Gasteiger partial charge in [-0.05, 0) is 19.3 Å². The van der Waals surface area contributed by atoms with E-state index >= 15 is 0 Å². The standard InChI is InChI=1S/C13H20N2O3/c1-3-6-9(4-2)14-13(18)15-11-8-5-7-10(11)12(16)17/h2,9-11H,3,5-8H2,1H3,(H,16,17)(H2,14,15,18). The summed E-state index contributed by atoms with van der Waals surface area (Å²) >= 11 is 0. The van der Waals surface area contributed by atoms with Crippen LogP contribution in [0.15, 0.2) is 0 Å². The van der Waals surface area contributed by atoms with Crippen LogP contribution in [0.4, 0.5) is 4.79 Å². The Morgan fingerprint density at radius 2 is 2.22 bits per heavy atom. The number of carbonyl (C=O) groups excluding carboxylic acids is 1. The molecule has 0 radical (unpaired) electrons. The number of hydrogen-bond donors (Lipinski definition) is 3. The number of nitrogens with one attached hydrogen (secondary N) is 2. The fraction of sp³-hybridized carbons (Fsp3) is 0.692. The third-order valence-electron chi connectivity index (χ3n) is 3.23. The number of carbonyl (C=O) groups is 2. The van der Waals surface area contributed by atoms with Gasteiger partial charge < -0.3 is 15.7 Å². The van der Waals surface area contributed by atoms with Crippen LogP contribution < -0.4 is 10.6 Å². The molecule has 0 aromatic heterocycles. The topological polar surface area (TPSA) is 78.4 Å². The van der Waals surface area contributed by atoms with Crippen LogP contribution in [-0.2, 0) is 4.79 Å². The summed E-state index contributed by atoms with van der Waals surface area (Å²) < 4.78 is 0. The summed E-state index contributed by atoms with van der Waals surface area (Å²) in [4.78, 5) is 22.7. The lowest BCUT2D eigenvalue weighted by atomic mass is 10.0. The number of terminal acetylenes is 1. The van der Waals surface area contributed by atoms with Gasteiger partial charge in [-0.25, -0.2) is 4.79 Å². The average molecular weight is 252 g/mol. The molecule has 5 nitrogen and oxygen atoms in total. The lowest BCUT2D eigenvalue weighted by molar-refractivity contribution is -0.142. The van der Waals surface area contributed by atoms with E-state index < -0.39 is 11.9 Å². The molecule has 1 aliphatic carbocycles. The monoisotopic (exact) mass is 252 g/mol. The van der Waals surface area contributed by atoms with Gasteiger partial charge in [0.25, 0.3) is 0 Å².